The zero-order chi connectivity index (χ0) is 18.6. The van der Waals surface area contributed by atoms with Crippen LogP contribution in [-0.4, -0.2) is 42.2 Å². The van der Waals surface area contributed by atoms with Gasteiger partial charge in [0.2, 0.25) is 0 Å². The minimum Gasteiger partial charge on any atom is -0.497 e. The molecule has 25 heavy (non-hydrogen) atoms. The second-order valence-corrected chi connectivity index (χ2v) is 7.41. The minimum absolute atomic E-state index is 0.134. The molecule has 1 amide bonds. The molecule has 1 aliphatic heterocycles. The number of benzene rings is 1. The average Bonchev–Trinajstić information content (AvgIpc) is 2.87. The molecule has 0 saturated carbocycles. The van der Waals surface area contributed by atoms with Crippen LogP contribution in [0.4, 0.5) is 0 Å². The van der Waals surface area contributed by atoms with Crippen molar-refractivity contribution in [1.29, 1.82) is 0 Å². The molecule has 5 nitrogen and oxygen atoms in total. The van der Waals surface area contributed by atoms with Gasteiger partial charge in [0, 0.05) is 12.1 Å². The summed E-state index contributed by atoms with van der Waals surface area (Å²) >= 11 is 5.83. The topological polar surface area (TPSA) is 55.8 Å². The van der Waals surface area contributed by atoms with Gasteiger partial charge in [-0.2, -0.15) is 0 Å². The van der Waals surface area contributed by atoms with Gasteiger partial charge in [0.1, 0.15) is 10.5 Å². The van der Waals surface area contributed by atoms with Crippen molar-refractivity contribution in [1.82, 2.24) is 4.90 Å². The first-order valence-corrected chi connectivity index (χ1v) is 9.05. The maximum atomic E-state index is 12.9. The van der Waals surface area contributed by atoms with E-state index in [1.807, 2.05) is 31.2 Å². The van der Waals surface area contributed by atoms with Crippen molar-refractivity contribution in [3.8, 4) is 5.75 Å². The number of ether oxygens (including phenoxy) is 2. The molecular weight excluding hydrogens is 358 g/mol. The van der Waals surface area contributed by atoms with Crippen molar-refractivity contribution in [3.05, 3.63) is 46.9 Å². The van der Waals surface area contributed by atoms with Crippen LogP contribution in [0.2, 0.25) is 0 Å². The summed E-state index contributed by atoms with van der Waals surface area (Å²) in [4.78, 5) is 26.4. The van der Waals surface area contributed by atoms with Gasteiger partial charge in [0.15, 0.2) is 0 Å². The van der Waals surface area contributed by atoms with Crippen LogP contribution in [-0.2, 0) is 14.3 Å². The standard InChI is InChI=1S/C18H21NO4S2/c1-11(2)15(12-6-5-7-13(10-12)22-3)16-17(21)19(18(24)25-16)9-8-14(20)23-4/h5-7,10,18,24H,1,8-9H2,2-4H3/b16-15-. The van der Waals surface area contributed by atoms with Gasteiger partial charge in [0.05, 0.1) is 25.5 Å². The lowest BCUT2D eigenvalue weighted by Gasteiger charge is -2.18. The van der Waals surface area contributed by atoms with Crippen molar-refractivity contribution < 1.29 is 19.1 Å². The lowest BCUT2D eigenvalue weighted by Crippen LogP contribution is -2.32. The maximum absolute atomic E-state index is 12.9. The lowest BCUT2D eigenvalue weighted by atomic mass is 9.99. The van der Waals surface area contributed by atoms with Crippen LogP contribution in [0, 0.1) is 0 Å². The molecule has 1 heterocycles. The molecule has 134 valence electrons. The summed E-state index contributed by atoms with van der Waals surface area (Å²) in [6, 6.07) is 7.50. The number of hydrogen-bond acceptors (Lipinski definition) is 6. The molecular formula is C18H21NO4S2. The summed E-state index contributed by atoms with van der Waals surface area (Å²) in [6.45, 7) is 6.15. The normalized spacial score (nSPS) is 19.0. The van der Waals surface area contributed by atoms with E-state index in [2.05, 4.69) is 23.9 Å². The first-order valence-electron chi connectivity index (χ1n) is 7.66. The third kappa shape index (κ3) is 4.41. The number of nitrogens with zero attached hydrogens (tertiary/aromatic N) is 1. The summed E-state index contributed by atoms with van der Waals surface area (Å²) in [5.74, 6) is 0.190. The van der Waals surface area contributed by atoms with E-state index in [1.54, 1.807) is 12.0 Å². The number of esters is 1. The number of hydrogen-bond donors (Lipinski definition) is 1. The number of thioether (sulfide) groups is 1. The number of carbonyl (C=O) groups is 2. The molecule has 0 aromatic heterocycles. The van der Waals surface area contributed by atoms with Gasteiger partial charge in [-0.3, -0.25) is 9.59 Å². The van der Waals surface area contributed by atoms with Crippen molar-refractivity contribution in [2.75, 3.05) is 20.8 Å². The van der Waals surface area contributed by atoms with Gasteiger partial charge in [-0.1, -0.05) is 30.5 Å². The molecule has 7 heteroatoms. The maximum Gasteiger partial charge on any atom is 0.307 e. The Balaban J connectivity index is 2.38. The van der Waals surface area contributed by atoms with Crippen LogP contribution in [0.15, 0.2) is 41.3 Å². The summed E-state index contributed by atoms with van der Waals surface area (Å²) in [6.07, 6.45) is 0.134. The first kappa shape index (κ1) is 19.5. The zero-order valence-electron chi connectivity index (χ0n) is 14.4. The first-order chi connectivity index (χ1) is 11.9. The summed E-state index contributed by atoms with van der Waals surface area (Å²) < 4.78 is 9.56. The number of thiol groups is 1. The van der Waals surface area contributed by atoms with E-state index in [4.69, 9.17) is 4.74 Å². The van der Waals surface area contributed by atoms with Gasteiger partial charge in [-0.05, 0) is 30.2 Å². The third-order valence-electron chi connectivity index (χ3n) is 3.74. The van der Waals surface area contributed by atoms with Gasteiger partial charge >= 0.3 is 5.97 Å². The van der Waals surface area contributed by atoms with Crippen LogP contribution < -0.4 is 4.74 Å². The van der Waals surface area contributed by atoms with Crippen molar-refractivity contribution in [3.63, 3.8) is 0 Å². The van der Waals surface area contributed by atoms with Crippen molar-refractivity contribution in [2.45, 2.75) is 18.1 Å². The smallest absolute Gasteiger partial charge is 0.307 e. The van der Waals surface area contributed by atoms with E-state index in [9.17, 15) is 9.59 Å². The Labute approximate surface area is 157 Å². The van der Waals surface area contributed by atoms with Crippen LogP contribution in [0.3, 0.4) is 0 Å². The molecule has 1 aromatic rings. The Hall–Kier alpha value is -1.86. The fourth-order valence-electron chi connectivity index (χ4n) is 2.49. The largest absolute Gasteiger partial charge is 0.497 e. The van der Waals surface area contributed by atoms with E-state index in [-0.39, 0.29) is 29.5 Å². The molecule has 1 atom stereocenters. The highest BCUT2D eigenvalue weighted by Gasteiger charge is 2.36. The second-order valence-electron chi connectivity index (χ2n) is 5.49. The Morgan fingerprint density at radius 3 is 2.72 bits per heavy atom. The quantitative estimate of drug-likeness (QED) is 0.467. The Morgan fingerprint density at radius 2 is 2.12 bits per heavy atom. The van der Waals surface area contributed by atoms with Gasteiger partial charge in [-0.25, -0.2) is 0 Å². The summed E-state index contributed by atoms with van der Waals surface area (Å²) in [7, 11) is 2.93. The highest BCUT2D eigenvalue weighted by molar-refractivity contribution is 8.14. The minimum atomic E-state index is -0.358. The summed E-state index contributed by atoms with van der Waals surface area (Å²) in [5.41, 5.74) is 2.41. The van der Waals surface area contributed by atoms with E-state index in [0.717, 1.165) is 16.7 Å². The van der Waals surface area contributed by atoms with E-state index in [1.165, 1.54) is 18.9 Å². The Bertz CT molecular complexity index is 730. The molecule has 1 aliphatic rings. The number of amides is 1. The molecule has 2 rings (SSSR count). The van der Waals surface area contributed by atoms with Gasteiger partial charge < -0.3 is 14.4 Å². The van der Waals surface area contributed by atoms with E-state index >= 15 is 0 Å². The number of carbonyl (C=O) groups excluding carboxylic acids is 2. The predicted octanol–water partition coefficient (Wildman–Crippen LogP) is 3.33. The molecule has 0 bridgehead atoms. The van der Waals surface area contributed by atoms with Gasteiger partial charge in [0.25, 0.3) is 5.91 Å². The summed E-state index contributed by atoms with van der Waals surface area (Å²) in [5, 5.41) is 0. The highest BCUT2D eigenvalue weighted by Crippen LogP contribution is 2.43. The number of rotatable bonds is 6. The van der Waals surface area contributed by atoms with Gasteiger partial charge in [-0.15, -0.1) is 12.6 Å². The molecule has 0 N–H and O–H groups in total. The third-order valence-corrected chi connectivity index (χ3v) is 5.42. The van der Waals surface area contributed by atoms with E-state index in [0.29, 0.717) is 10.7 Å². The van der Waals surface area contributed by atoms with E-state index < -0.39 is 0 Å². The second kappa shape index (κ2) is 8.49. The molecule has 0 radical (unpaired) electrons. The zero-order valence-corrected chi connectivity index (χ0v) is 16.2. The molecule has 1 unspecified atom stereocenters. The predicted molar refractivity (Wildman–Crippen MR) is 103 cm³/mol. The fraction of sp³-hybridized carbons (Fsp3) is 0.333. The molecule has 1 aromatic carbocycles. The number of allylic oxidation sites excluding steroid dienone is 2. The van der Waals surface area contributed by atoms with Crippen LogP contribution in [0.25, 0.3) is 5.57 Å². The molecule has 0 spiro atoms. The Kier molecular flexibility index (Phi) is 6.61. The van der Waals surface area contributed by atoms with Crippen LogP contribution >= 0.6 is 24.4 Å². The highest BCUT2D eigenvalue weighted by atomic mass is 32.2. The Morgan fingerprint density at radius 1 is 1.40 bits per heavy atom. The lowest BCUT2D eigenvalue weighted by molar-refractivity contribution is -0.141. The van der Waals surface area contributed by atoms with Crippen LogP contribution in [0.5, 0.6) is 5.75 Å². The molecule has 0 aliphatic carbocycles. The molecule has 1 fully saturated rings. The average molecular weight is 380 g/mol. The SMILES string of the molecule is C=C(C)/C(=C1/SC(S)N(CCC(=O)OC)C1=O)c1cccc(OC)c1. The molecule has 1 saturated heterocycles. The van der Waals surface area contributed by atoms with Crippen molar-refractivity contribution in [2.24, 2.45) is 0 Å². The monoisotopic (exact) mass is 379 g/mol. The van der Waals surface area contributed by atoms with Crippen LogP contribution in [0.1, 0.15) is 18.9 Å². The number of methoxy groups -OCH3 is 2. The fourth-order valence-corrected chi connectivity index (χ4v) is 4.20. The van der Waals surface area contributed by atoms with Crippen molar-refractivity contribution >= 4 is 41.8 Å².